The molecule has 0 unspecified atom stereocenters. The zero-order chi connectivity index (χ0) is 78.0. The van der Waals surface area contributed by atoms with Gasteiger partial charge in [-0.05, 0) is 153 Å². The standard InChI is InChI=1S/C57H36N4S.C51H32N4S/c1-3-14-37(15-4-1)43-32-44(38-16-5-2-6-17-38)34-45(33-43)57-59-55(58-56(60-57)42-30-31-50-49-22-9-12-25-53(49)62-54(50)36-42)40-28-26-39(27-29-40)41-18-13-19-46(35-41)61-51-23-10-7-20-47(51)48-21-8-11-24-52(48)61;1-3-13-33(14-4-1)38-29-39(31-40(30-38)55-45-20-10-7-17-41(45)42-18-8-11-21-46(42)55)34-23-25-36(26-24-34)50-52-49(35-15-5-2-6-16-35)53-51(54-50)37-27-28-44-43-19-9-12-22-47(43)56-48(44)32-37/h1-36H;1-32H. The fraction of sp³-hybridized carbons (Fsp3) is 0. The molecular weight excluding hydrogens is 1470 g/mol. The Morgan fingerprint density at radius 2 is 0.398 bits per heavy atom. The lowest BCUT2D eigenvalue weighted by atomic mass is 9.96. The van der Waals surface area contributed by atoms with E-state index < -0.39 is 0 Å². The maximum atomic E-state index is 5.25. The summed E-state index contributed by atoms with van der Waals surface area (Å²) in [6.07, 6.45) is 0. The molecule has 0 atom stereocenters. The molecule has 17 aromatic carbocycles. The molecule has 0 N–H and O–H groups in total. The third-order valence-corrected chi connectivity index (χ3v) is 24.7. The van der Waals surface area contributed by atoms with Crippen molar-refractivity contribution < 1.29 is 0 Å². The third-order valence-electron chi connectivity index (χ3n) is 22.5. The summed E-state index contributed by atoms with van der Waals surface area (Å²) < 4.78 is 9.72. The predicted molar refractivity (Wildman–Crippen MR) is 494 cm³/mol. The van der Waals surface area contributed by atoms with Crippen LogP contribution >= 0.6 is 22.7 Å². The van der Waals surface area contributed by atoms with Crippen molar-refractivity contribution in [3.8, 4) is 135 Å². The Morgan fingerprint density at radius 3 is 0.805 bits per heavy atom. The number of nitrogens with zero attached hydrogens (tertiary/aromatic N) is 8. The number of benzene rings is 17. The van der Waals surface area contributed by atoms with Gasteiger partial charge in [-0.2, -0.15) is 0 Å². The Bertz CT molecular complexity index is 7620. The van der Waals surface area contributed by atoms with Crippen LogP contribution in [0.15, 0.2) is 413 Å². The minimum atomic E-state index is 0.624. The Morgan fingerprint density at radius 1 is 0.144 bits per heavy atom. The van der Waals surface area contributed by atoms with Crippen molar-refractivity contribution in [2.45, 2.75) is 0 Å². The first-order valence-electron chi connectivity index (χ1n) is 39.6. The van der Waals surface area contributed by atoms with Crippen molar-refractivity contribution in [2.75, 3.05) is 0 Å². The maximum absolute atomic E-state index is 5.25. The molecule has 0 bridgehead atoms. The molecule has 0 aliphatic heterocycles. The van der Waals surface area contributed by atoms with Gasteiger partial charge in [0.05, 0.1) is 22.1 Å². The summed E-state index contributed by atoms with van der Waals surface area (Å²) in [4.78, 5) is 30.9. The summed E-state index contributed by atoms with van der Waals surface area (Å²) in [7, 11) is 0. The SMILES string of the molecule is c1ccc(-c2cc(-c3ccc(-c4nc(-c5ccccc5)nc(-c5ccc6c(c5)sc5ccccc56)n4)cc3)cc(-n3c4ccccc4c4ccccc43)c2)cc1.c1ccc(-c2cc(-c3ccccc3)cc(-c3nc(-c4ccc(-c5cccc(-n6c7ccccc7c7ccccc76)c5)cc4)nc(-c4ccc5c(c4)sc4ccccc45)n3)c2)cc1. The number of hydrogen-bond acceptors (Lipinski definition) is 8. The number of para-hydroxylation sites is 4. The largest absolute Gasteiger partial charge is 0.309 e. The number of hydrogen-bond donors (Lipinski definition) is 0. The van der Waals surface area contributed by atoms with Crippen LogP contribution in [0.4, 0.5) is 0 Å². The summed E-state index contributed by atoms with van der Waals surface area (Å²) in [5, 5.41) is 10.0. The van der Waals surface area contributed by atoms with Gasteiger partial charge in [-0.1, -0.05) is 315 Å². The maximum Gasteiger partial charge on any atom is 0.164 e. The molecule has 0 saturated heterocycles. The van der Waals surface area contributed by atoms with E-state index >= 15 is 0 Å². The summed E-state index contributed by atoms with van der Waals surface area (Å²) in [5.74, 6) is 3.83. The second-order valence-corrected chi connectivity index (χ2v) is 31.9. The Hall–Kier alpha value is -15.2. The highest BCUT2D eigenvalue weighted by atomic mass is 32.1. The van der Waals surface area contributed by atoms with E-state index in [4.69, 9.17) is 29.9 Å². The fourth-order valence-corrected chi connectivity index (χ4v) is 19.0. The van der Waals surface area contributed by atoms with Crippen LogP contribution in [0.25, 0.3) is 219 Å². The van der Waals surface area contributed by atoms with Gasteiger partial charge >= 0.3 is 0 Å². The zero-order valence-corrected chi connectivity index (χ0v) is 65.3. The average molecular weight is 1540 g/mol. The molecule has 0 saturated carbocycles. The third kappa shape index (κ3) is 12.9. The van der Waals surface area contributed by atoms with Crippen LogP contribution < -0.4 is 0 Å². The summed E-state index contributed by atoms with van der Waals surface area (Å²) in [6.45, 7) is 0. The van der Waals surface area contributed by atoms with Gasteiger partial charge in [0.25, 0.3) is 0 Å². The van der Waals surface area contributed by atoms with Gasteiger partial charge in [0.2, 0.25) is 0 Å². The van der Waals surface area contributed by atoms with Gasteiger partial charge in [0.1, 0.15) is 0 Å². The quantitative estimate of drug-likeness (QED) is 0.114. The van der Waals surface area contributed by atoms with E-state index in [0.717, 1.165) is 94.8 Å². The summed E-state index contributed by atoms with van der Waals surface area (Å²) in [6, 6.07) is 146. The average Bonchev–Trinajstić information content (AvgIpc) is 1.57. The lowest BCUT2D eigenvalue weighted by molar-refractivity contribution is 1.07. The van der Waals surface area contributed by atoms with Gasteiger partial charge in [0, 0.05) is 107 Å². The van der Waals surface area contributed by atoms with Crippen molar-refractivity contribution in [2.24, 2.45) is 0 Å². The van der Waals surface area contributed by atoms with E-state index in [-0.39, 0.29) is 0 Å². The van der Waals surface area contributed by atoms with Gasteiger partial charge in [0.15, 0.2) is 34.9 Å². The van der Waals surface area contributed by atoms with Crippen LogP contribution in [0.1, 0.15) is 0 Å². The normalized spacial score (nSPS) is 11.6. The molecule has 0 aliphatic carbocycles. The monoisotopic (exact) mass is 1540 g/mol. The van der Waals surface area contributed by atoms with E-state index in [1.54, 1.807) is 22.7 Å². The van der Waals surface area contributed by atoms with Crippen molar-refractivity contribution in [3.63, 3.8) is 0 Å². The predicted octanol–water partition coefficient (Wildman–Crippen LogP) is 29.0. The fourth-order valence-electron chi connectivity index (χ4n) is 16.7. The molecule has 118 heavy (non-hydrogen) atoms. The van der Waals surface area contributed by atoms with E-state index in [1.807, 2.05) is 18.2 Å². The van der Waals surface area contributed by atoms with E-state index in [0.29, 0.717) is 34.9 Å². The van der Waals surface area contributed by atoms with E-state index in [2.05, 4.69) is 403 Å². The second-order valence-electron chi connectivity index (χ2n) is 29.7. The zero-order valence-electron chi connectivity index (χ0n) is 63.7. The van der Waals surface area contributed by atoms with Gasteiger partial charge in [-0.25, -0.2) is 29.9 Å². The van der Waals surface area contributed by atoms with Crippen LogP contribution in [0, 0.1) is 0 Å². The van der Waals surface area contributed by atoms with Crippen LogP contribution in [-0.4, -0.2) is 39.0 Å². The minimum Gasteiger partial charge on any atom is -0.309 e. The Kier molecular flexibility index (Phi) is 17.5. The Balaban J connectivity index is 0.000000143. The van der Waals surface area contributed by atoms with E-state index in [9.17, 15) is 0 Å². The molecule has 552 valence electrons. The molecule has 8 nitrogen and oxygen atoms in total. The first-order chi connectivity index (χ1) is 58.4. The van der Waals surface area contributed by atoms with Crippen molar-refractivity contribution in [3.05, 3.63) is 413 Å². The number of rotatable bonds is 13. The molecule has 0 radical (unpaired) electrons. The highest BCUT2D eigenvalue weighted by Gasteiger charge is 2.22. The molecule has 0 fully saturated rings. The number of aromatic nitrogens is 8. The molecule has 0 amide bonds. The highest BCUT2D eigenvalue weighted by Crippen LogP contribution is 2.43. The molecule has 6 heterocycles. The van der Waals surface area contributed by atoms with Crippen LogP contribution in [0.2, 0.25) is 0 Å². The highest BCUT2D eigenvalue weighted by molar-refractivity contribution is 7.26. The molecule has 10 heteroatoms. The molecule has 23 aromatic rings. The van der Waals surface area contributed by atoms with Gasteiger partial charge < -0.3 is 9.13 Å². The first kappa shape index (κ1) is 69.5. The van der Waals surface area contributed by atoms with Gasteiger partial charge in [-0.3, -0.25) is 0 Å². The van der Waals surface area contributed by atoms with Crippen molar-refractivity contribution in [1.82, 2.24) is 39.0 Å². The lowest BCUT2D eigenvalue weighted by Crippen LogP contribution is -2.00. The molecule has 0 spiro atoms. The first-order valence-corrected chi connectivity index (χ1v) is 41.2. The second kappa shape index (κ2) is 29.6. The Labute approximate surface area is 688 Å². The smallest absolute Gasteiger partial charge is 0.164 e. The van der Waals surface area contributed by atoms with Crippen molar-refractivity contribution >= 4 is 107 Å². The molecule has 0 aliphatic rings. The van der Waals surface area contributed by atoms with Crippen LogP contribution in [-0.2, 0) is 0 Å². The van der Waals surface area contributed by atoms with Crippen LogP contribution in [0.3, 0.4) is 0 Å². The number of thiophene rings is 2. The minimum absolute atomic E-state index is 0.624. The molecular formula is C108H68N8S2. The van der Waals surface area contributed by atoms with Crippen molar-refractivity contribution in [1.29, 1.82) is 0 Å². The van der Waals surface area contributed by atoms with Crippen LogP contribution in [0.5, 0.6) is 0 Å². The summed E-state index contributed by atoms with van der Waals surface area (Å²) in [5.41, 5.74) is 24.0. The number of fused-ring (bicyclic) bond motifs is 12. The summed E-state index contributed by atoms with van der Waals surface area (Å²) >= 11 is 3.60. The van der Waals surface area contributed by atoms with E-state index in [1.165, 1.54) is 89.5 Å². The lowest BCUT2D eigenvalue weighted by Gasteiger charge is -2.14. The molecule has 6 aromatic heterocycles. The van der Waals surface area contributed by atoms with Gasteiger partial charge in [-0.15, -0.1) is 22.7 Å². The topological polar surface area (TPSA) is 87.2 Å². The molecule has 23 rings (SSSR count).